The van der Waals surface area contributed by atoms with Crippen molar-refractivity contribution in [1.29, 1.82) is 0 Å². The Morgan fingerprint density at radius 2 is 0.885 bits per heavy atom. The van der Waals surface area contributed by atoms with Crippen LogP contribution in [0.4, 0.5) is 0 Å². The molecule has 0 radical (unpaired) electrons. The highest BCUT2D eigenvalue weighted by Crippen LogP contribution is 2.17. The van der Waals surface area contributed by atoms with Gasteiger partial charge in [-0.15, -0.1) is 0 Å². The van der Waals surface area contributed by atoms with E-state index in [2.05, 4.69) is 92.9 Å². The molecule has 0 rings (SSSR count). The van der Waals surface area contributed by atoms with Gasteiger partial charge in [-0.05, 0) is 70.6 Å². The second-order valence-electron chi connectivity index (χ2n) is 17.0. The number of rotatable bonds is 44. The van der Waals surface area contributed by atoms with Crippen molar-refractivity contribution in [3.8, 4) is 0 Å². The standard InChI is InChI=1S/C55H95NO5/c1-4-7-10-13-16-19-22-24-26-28-29-32-34-37-40-43-46-51(61-55(60)48-45-42-39-36-33-30-27-25-23-20-17-14-11-8-5-2)49-54(59)56-52(50-57)53(58)47-44-41-38-35-31-21-18-15-12-9-6-3/h8,11,14,17,20,22-29,32,51-53,57-58H,4-7,9-10,12-13,15-16,18-19,21,30-31,33-50H2,1-3H3,(H,56,59)/b11-8+,17-14+,23-20+,24-22+,27-25-,28-26+,32-29+. The van der Waals surface area contributed by atoms with E-state index in [0.717, 1.165) is 96.3 Å². The average molecular weight is 850 g/mol. The molecule has 3 N–H and O–H groups in total. The van der Waals surface area contributed by atoms with Crippen molar-refractivity contribution in [2.75, 3.05) is 6.61 Å². The van der Waals surface area contributed by atoms with E-state index in [-0.39, 0.29) is 24.9 Å². The second-order valence-corrected chi connectivity index (χ2v) is 17.0. The first-order valence-electron chi connectivity index (χ1n) is 25.4. The summed E-state index contributed by atoms with van der Waals surface area (Å²) in [4.78, 5) is 26.1. The number of ether oxygens (including phenoxy) is 1. The molecule has 0 aromatic carbocycles. The Morgan fingerprint density at radius 1 is 0.492 bits per heavy atom. The fourth-order valence-corrected chi connectivity index (χ4v) is 7.26. The Labute approximate surface area is 376 Å². The minimum Gasteiger partial charge on any atom is -0.462 e. The van der Waals surface area contributed by atoms with Crippen LogP contribution in [-0.2, 0) is 14.3 Å². The summed E-state index contributed by atoms with van der Waals surface area (Å²) in [7, 11) is 0. The minimum absolute atomic E-state index is 0.0409. The van der Waals surface area contributed by atoms with Gasteiger partial charge in [0.15, 0.2) is 0 Å². The van der Waals surface area contributed by atoms with Crippen LogP contribution in [0.15, 0.2) is 85.1 Å². The molecule has 3 unspecified atom stereocenters. The van der Waals surface area contributed by atoms with Crippen LogP contribution in [0.2, 0.25) is 0 Å². The van der Waals surface area contributed by atoms with E-state index in [1.807, 2.05) is 18.2 Å². The molecule has 0 fully saturated rings. The van der Waals surface area contributed by atoms with Gasteiger partial charge in [0.05, 0.1) is 25.2 Å². The monoisotopic (exact) mass is 850 g/mol. The van der Waals surface area contributed by atoms with Gasteiger partial charge in [0.1, 0.15) is 6.10 Å². The van der Waals surface area contributed by atoms with Crippen molar-refractivity contribution in [3.05, 3.63) is 85.1 Å². The van der Waals surface area contributed by atoms with Crippen LogP contribution in [0.5, 0.6) is 0 Å². The molecule has 1 amide bonds. The van der Waals surface area contributed by atoms with E-state index < -0.39 is 18.2 Å². The molecule has 0 aliphatic heterocycles. The van der Waals surface area contributed by atoms with Crippen LogP contribution in [0.1, 0.15) is 226 Å². The number of hydrogen-bond acceptors (Lipinski definition) is 5. The summed E-state index contributed by atoms with van der Waals surface area (Å²) in [6.45, 7) is 6.30. The molecule has 61 heavy (non-hydrogen) atoms. The van der Waals surface area contributed by atoms with Crippen molar-refractivity contribution in [1.82, 2.24) is 5.32 Å². The van der Waals surface area contributed by atoms with E-state index in [9.17, 15) is 19.8 Å². The lowest BCUT2D eigenvalue weighted by Crippen LogP contribution is -2.46. The van der Waals surface area contributed by atoms with Crippen molar-refractivity contribution in [2.45, 2.75) is 244 Å². The molecule has 0 heterocycles. The van der Waals surface area contributed by atoms with Gasteiger partial charge >= 0.3 is 5.97 Å². The summed E-state index contributed by atoms with van der Waals surface area (Å²) in [5.41, 5.74) is 0. The summed E-state index contributed by atoms with van der Waals surface area (Å²) in [5.74, 6) is -0.539. The Bertz CT molecular complexity index is 1180. The fourth-order valence-electron chi connectivity index (χ4n) is 7.26. The largest absolute Gasteiger partial charge is 0.462 e. The van der Waals surface area contributed by atoms with Gasteiger partial charge in [-0.3, -0.25) is 9.59 Å². The molecule has 0 aliphatic rings. The quantitative estimate of drug-likeness (QED) is 0.0322. The predicted octanol–water partition coefficient (Wildman–Crippen LogP) is 15.2. The van der Waals surface area contributed by atoms with Gasteiger partial charge in [0, 0.05) is 6.42 Å². The van der Waals surface area contributed by atoms with E-state index >= 15 is 0 Å². The molecular formula is C55H95NO5. The summed E-state index contributed by atoms with van der Waals surface area (Å²) >= 11 is 0. The highest BCUT2D eigenvalue weighted by molar-refractivity contribution is 5.77. The lowest BCUT2D eigenvalue weighted by molar-refractivity contribution is -0.151. The maximum Gasteiger partial charge on any atom is 0.306 e. The number of aliphatic hydroxyl groups excluding tert-OH is 2. The number of aliphatic hydroxyl groups is 2. The topological polar surface area (TPSA) is 95.9 Å². The number of carbonyl (C=O) groups is 2. The Hall–Kier alpha value is -2.96. The predicted molar refractivity (Wildman–Crippen MR) is 264 cm³/mol. The van der Waals surface area contributed by atoms with Gasteiger partial charge < -0.3 is 20.3 Å². The van der Waals surface area contributed by atoms with Gasteiger partial charge in [0.2, 0.25) is 5.91 Å². The summed E-state index contributed by atoms with van der Waals surface area (Å²) < 4.78 is 5.91. The number of nitrogens with one attached hydrogen (secondary N) is 1. The maximum absolute atomic E-state index is 13.2. The third kappa shape index (κ3) is 43.5. The highest BCUT2D eigenvalue weighted by Gasteiger charge is 2.24. The van der Waals surface area contributed by atoms with E-state index in [0.29, 0.717) is 19.3 Å². The molecule has 0 aromatic rings. The van der Waals surface area contributed by atoms with Gasteiger partial charge in [-0.2, -0.15) is 0 Å². The molecule has 0 aliphatic carbocycles. The third-order valence-corrected chi connectivity index (χ3v) is 11.1. The second kappa shape index (κ2) is 48.1. The molecular weight excluding hydrogens is 755 g/mol. The number of carbonyl (C=O) groups excluding carboxylic acids is 2. The van der Waals surface area contributed by atoms with Crippen LogP contribution in [-0.4, -0.2) is 46.9 Å². The molecule has 0 aromatic heterocycles. The number of allylic oxidation sites excluding steroid dienone is 14. The molecule has 6 nitrogen and oxygen atoms in total. The third-order valence-electron chi connectivity index (χ3n) is 11.1. The van der Waals surface area contributed by atoms with Crippen LogP contribution in [0, 0.1) is 0 Å². The number of hydrogen-bond donors (Lipinski definition) is 3. The lowest BCUT2D eigenvalue weighted by atomic mass is 10.0. The van der Waals surface area contributed by atoms with Crippen molar-refractivity contribution in [3.63, 3.8) is 0 Å². The molecule has 0 saturated carbocycles. The van der Waals surface area contributed by atoms with Crippen LogP contribution < -0.4 is 5.32 Å². The number of amides is 1. The molecule has 0 spiro atoms. The lowest BCUT2D eigenvalue weighted by Gasteiger charge is -2.24. The highest BCUT2D eigenvalue weighted by atomic mass is 16.5. The zero-order valence-electron chi connectivity index (χ0n) is 39.8. The number of unbranched alkanes of at least 4 members (excludes halogenated alkanes) is 23. The summed E-state index contributed by atoms with van der Waals surface area (Å²) in [5, 5.41) is 23.7. The van der Waals surface area contributed by atoms with Crippen molar-refractivity contribution in [2.24, 2.45) is 0 Å². The Kier molecular flexibility index (Phi) is 45.7. The fraction of sp³-hybridized carbons (Fsp3) is 0.709. The first kappa shape index (κ1) is 58.0. The van der Waals surface area contributed by atoms with E-state index in [1.165, 1.54) is 83.5 Å². The molecule has 3 atom stereocenters. The van der Waals surface area contributed by atoms with Crippen LogP contribution in [0.3, 0.4) is 0 Å². The molecule has 0 saturated heterocycles. The zero-order chi connectivity index (χ0) is 44.5. The smallest absolute Gasteiger partial charge is 0.306 e. The Morgan fingerprint density at radius 3 is 1.36 bits per heavy atom. The van der Waals surface area contributed by atoms with Gasteiger partial charge in [-0.25, -0.2) is 0 Å². The maximum atomic E-state index is 13.2. The first-order valence-corrected chi connectivity index (χ1v) is 25.4. The first-order chi connectivity index (χ1) is 30.0. The van der Waals surface area contributed by atoms with Gasteiger partial charge in [0.25, 0.3) is 0 Å². The summed E-state index contributed by atoms with van der Waals surface area (Å²) in [6.07, 6.45) is 62.1. The Balaban J connectivity index is 4.73. The van der Waals surface area contributed by atoms with E-state index in [1.54, 1.807) is 0 Å². The average Bonchev–Trinajstić information content (AvgIpc) is 3.25. The van der Waals surface area contributed by atoms with Crippen LogP contribution >= 0.6 is 0 Å². The van der Waals surface area contributed by atoms with Gasteiger partial charge in [-0.1, -0.05) is 228 Å². The summed E-state index contributed by atoms with van der Waals surface area (Å²) in [6, 6.07) is -0.721. The minimum atomic E-state index is -0.805. The normalized spacial score (nSPS) is 14.0. The molecule has 350 valence electrons. The van der Waals surface area contributed by atoms with Crippen LogP contribution in [0.25, 0.3) is 0 Å². The van der Waals surface area contributed by atoms with Crippen molar-refractivity contribution >= 4 is 11.9 Å². The molecule has 0 bridgehead atoms. The number of esters is 1. The van der Waals surface area contributed by atoms with Crippen molar-refractivity contribution < 1.29 is 24.5 Å². The SMILES string of the molecule is CC/C=C/C=C/C=C/C=C\CCCCCCCC(=O)OC(CCCCC/C=C/C=C/C=C/CCCCCCC)CC(=O)NC(CO)C(O)CCCCCCCCCCCCC. The molecule has 6 heteroatoms. The van der Waals surface area contributed by atoms with E-state index in [4.69, 9.17) is 4.74 Å². The zero-order valence-corrected chi connectivity index (χ0v) is 39.8.